The van der Waals surface area contributed by atoms with Gasteiger partial charge in [0, 0.05) is 13.1 Å². The fraction of sp³-hybridized carbons (Fsp3) is 0.154. The SMILES string of the molecule is COC(=O)c1ccc(N)c(NC(=O)c2cc([N+](=O)[O-])cn2C)n1. The summed E-state index contributed by atoms with van der Waals surface area (Å²) in [4.78, 5) is 37.7. The fourth-order valence-electron chi connectivity index (χ4n) is 1.83. The van der Waals surface area contributed by atoms with E-state index in [2.05, 4.69) is 15.0 Å². The van der Waals surface area contributed by atoms with Crippen LogP contribution in [-0.4, -0.2) is 33.5 Å². The number of aryl methyl sites for hydroxylation is 1. The van der Waals surface area contributed by atoms with Crippen molar-refractivity contribution in [3.8, 4) is 0 Å². The average Bonchev–Trinajstić information content (AvgIpc) is 2.91. The first kappa shape index (κ1) is 15.9. The predicted molar refractivity (Wildman–Crippen MR) is 80.0 cm³/mol. The highest BCUT2D eigenvalue weighted by atomic mass is 16.6. The third kappa shape index (κ3) is 3.26. The van der Waals surface area contributed by atoms with E-state index < -0.39 is 16.8 Å². The molecule has 3 N–H and O–H groups in total. The summed E-state index contributed by atoms with van der Waals surface area (Å²) in [5.74, 6) is -1.38. The third-order valence-electron chi connectivity index (χ3n) is 2.99. The van der Waals surface area contributed by atoms with Gasteiger partial charge in [-0.15, -0.1) is 0 Å². The molecule has 1 amide bonds. The lowest BCUT2D eigenvalue weighted by atomic mass is 10.3. The molecule has 2 aromatic heterocycles. The number of amides is 1. The van der Waals surface area contributed by atoms with Crippen LogP contribution in [0.1, 0.15) is 21.0 Å². The highest BCUT2D eigenvalue weighted by molar-refractivity contribution is 6.04. The lowest BCUT2D eigenvalue weighted by Gasteiger charge is -2.08. The number of nitrogen functional groups attached to an aromatic ring is 1. The Labute approximate surface area is 130 Å². The first-order valence-electron chi connectivity index (χ1n) is 6.30. The van der Waals surface area contributed by atoms with E-state index in [4.69, 9.17) is 5.73 Å². The monoisotopic (exact) mass is 319 g/mol. The Morgan fingerprint density at radius 2 is 2.13 bits per heavy atom. The zero-order valence-corrected chi connectivity index (χ0v) is 12.3. The maximum Gasteiger partial charge on any atom is 0.356 e. The molecule has 0 atom stereocenters. The normalized spacial score (nSPS) is 10.2. The molecule has 0 spiro atoms. The zero-order valence-electron chi connectivity index (χ0n) is 12.3. The van der Waals surface area contributed by atoms with Crippen molar-refractivity contribution in [1.29, 1.82) is 0 Å². The molecule has 0 bridgehead atoms. The molecule has 0 radical (unpaired) electrons. The second kappa shape index (κ2) is 6.13. The number of aromatic nitrogens is 2. The molecule has 23 heavy (non-hydrogen) atoms. The Bertz CT molecular complexity index is 798. The minimum atomic E-state index is -0.685. The number of nitro groups is 1. The van der Waals surface area contributed by atoms with E-state index >= 15 is 0 Å². The van der Waals surface area contributed by atoms with Gasteiger partial charge < -0.3 is 20.4 Å². The maximum atomic E-state index is 12.2. The van der Waals surface area contributed by atoms with Crippen molar-refractivity contribution in [3.63, 3.8) is 0 Å². The first-order valence-corrected chi connectivity index (χ1v) is 6.30. The standard InChI is InChI=1S/C13H13N5O5/c1-17-6-7(18(21)22)5-10(17)12(19)16-11-8(14)3-4-9(15-11)13(20)23-2/h3-6H,14H2,1-2H3,(H,15,16,19). The van der Waals surface area contributed by atoms with Crippen molar-refractivity contribution in [2.45, 2.75) is 0 Å². The third-order valence-corrected chi connectivity index (χ3v) is 2.99. The number of nitrogens with two attached hydrogens (primary N) is 1. The van der Waals surface area contributed by atoms with E-state index in [1.807, 2.05) is 0 Å². The Morgan fingerprint density at radius 1 is 1.43 bits per heavy atom. The van der Waals surface area contributed by atoms with Gasteiger partial charge in [0.1, 0.15) is 5.69 Å². The lowest BCUT2D eigenvalue weighted by Crippen LogP contribution is -2.18. The molecule has 2 rings (SSSR count). The van der Waals surface area contributed by atoms with Gasteiger partial charge in [0.15, 0.2) is 11.5 Å². The number of nitrogens with one attached hydrogen (secondary N) is 1. The molecule has 0 saturated heterocycles. The van der Waals surface area contributed by atoms with Crippen molar-refractivity contribution in [2.75, 3.05) is 18.2 Å². The Balaban J connectivity index is 2.30. The van der Waals surface area contributed by atoms with Crippen LogP contribution < -0.4 is 11.1 Å². The highest BCUT2D eigenvalue weighted by Crippen LogP contribution is 2.20. The van der Waals surface area contributed by atoms with Crippen LogP contribution >= 0.6 is 0 Å². The molecule has 10 heteroatoms. The van der Waals surface area contributed by atoms with Gasteiger partial charge >= 0.3 is 5.97 Å². The molecule has 120 valence electrons. The van der Waals surface area contributed by atoms with Crippen molar-refractivity contribution >= 4 is 29.1 Å². The summed E-state index contributed by atoms with van der Waals surface area (Å²) in [6, 6.07) is 3.86. The average molecular weight is 319 g/mol. The largest absolute Gasteiger partial charge is 0.464 e. The quantitative estimate of drug-likeness (QED) is 0.485. The molecular weight excluding hydrogens is 306 g/mol. The van der Waals surface area contributed by atoms with E-state index in [1.165, 1.54) is 37.1 Å². The van der Waals surface area contributed by atoms with E-state index in [0.717, 1.165) is 6.07 Å². The smallest absolute Gasteiger partial charge is 0.356 e. The number of anilines is 2. The van der Waals surface area contributed by atoms with Gasteiger partial charge in [0.2, 0.25) is 0 Å². The molecular formula is C13H13N5O5. The van der Waals surface area contributed by atoms with Crippen LogP contribution in [0.2, 0.25) is 0 Å². The van der Waals surface area contributed by atoms with E-state index in [0.29, 0.717) is 0 Å². The summed E-state index contributed by atoms with van der Waals surface area (Å²) in [7, 11) is 2.69. The van der Waals surface area contributed by atoms with Gasteiger partial charge in [0.05, 0.1) is 23.9 Å². The van der Waals surface area contributed by atoms with Gasteiger partial charge in [-0.2, -0.15) is 0 Å². The number of methoxy groups -OCH3 is 1. The molecule has 2 heterocycles. The number of nitrogens with zero attached hydrogens (tertiary/aromatic N) is 3. The van der Waals surface area contributed by atoms with Crippen LogP contribution in [0, 0.1) is 10.1 Å². The summed E-state index contributed by atoms with van der Waals surface area (Å²) in [6.07, 6.45) is 1.20. The maximum absolute atomic E-state index is 12.2. The van der Waals surface area contributed by atoms with Gasteiger partial charge in [-0.1, -0.05) is 0 Å². The minimum absolute atomic E-state index is 0.0325. The number of hydrogen-bond acceptors (Lipinski definition) is 7. The van der Waals surface area contributed by atoms with Crippen molar-refractivity contribution in [2.24, 2.45) is 7.05 Å². The van der Waals surface area contributed by atoms with Crippen LogP contribution in [0.4, 0.5) is 17.2 Å². The van der Waals surface area contributed by atoms with Crippen LogP contribution in [0.25, 0.3) is 0 Å². The highest BCUT2D eigenvalue weighted by Gasteiger charge is 2.19. The molecule has 0 unspecified atom stereocenters. The van der Waals surface area contributed by atoms with Crippen LogP contribution in [-0.2, 0) is 11.8 Å². The number of hydrogen-bond donors (Lipinski definition) is 2. The molecule has 10 nitrogen and oxygen atoms in total. The number of carbonyl (C=O) groups excluding carboxylic acids is 2. The fourth-order valence-corrected chi connectivity index (χ4v) is 1.83. The minimum Gasteiger partial charge on any atom is -0.464 e. The summed E-state index contributed by atoms with van der Waals surface area (Å²) in [6.45, 7) is 0. The summed E-state index contributed by atoms with van der Waals surface area (Å²) >= 11 is 0. The molecule has 0 aliphatic carbocycles. The molecule has 0 aliphatic rings. The number of ether oxygens (including phenoxy) is 1. The molecule has 0 fully saturated rings. The molecule has 0 saturated carbocycles. The Kier molecular flexibility index (Phi) is 4.25. The number of pyridine rings is 1. The van der Waals surface area contributed by atoms with Crippen LogP contribution in [0.15, 0.2) is 24.4 Å². The van der Waals surface area contributed by atoms with Crippen molar-refractivity contribution < 1.29 is 19.2 Å². The topological polar surface area (TPSA) is 142 Å². The van der Waals surface area contributed by atoms with Crippen molar-refractivity contribution in [1.82, 2.24) is 9.55 Å². The number of esters is 1. The van der Waals surface area contributed by atoms with E-state index in [-0.39, 0.29) is 28.6 Å². The zero-order chi connectivity index (χ0) is 17.1. The van der Waals surface area contributed by atoms with Gasteiger partial charge in [-0.25, -0.2) is 9.78 Å². The lowest BCUT2D eigenvalue weighted by molar-refractivity contribution is -0.384. The summed E-state index contributed by atoms with van der Waals surface area (Å²) < 4.78 is 5.83. The second-order valence-corrected chi connectivity index (χ2v) is 4.53. The van der Waals surface area contributed by atoms with E-state index in [1.54, 1.807) is 0 Å². The summed E-state index contributed by atoms with van der Waals surface area (Å²) in [5.41, 5.74) is 5.63. The number of rotatable bonds is 4. The first-order chi connectivity index (χ1) is 10.8. The Hall–Kier alpha value is -3.43. The van der Waals surface area contributed by atoms with Crippen molar-refractivity contribution in [3.05, 3.63) is 45.9 Å². The predicted octanol–water partition coefficient (Wildman–Crippen LogP) is 0.949. The Morgan fingerprint density at radius 3 is 2.70 bits per heavy atom. The number of carbonyl (C=O) groups is 2. The molecule has 0 aliphatic heterocycles. The molecule has 2 aromatic rings. The van der Waals surface area contributed by atoms with Crippen LogP contribution in [0.3, 0.4) is 0 Å². The van der Waals surface area contributed by atoms with E-state index in [9.17, 15) is 19.7 Å². The van der Waals surface area contributed by atoms with Gasteiger partial charge in [-0.05, 0) is 12.1 Å². The summed E-state index contributed by atoms with van der Waals surface area (Å²) in [5, 5.41) is 13.1. The second-order valence-electron chi connectivity index (χ2n) is 4.53. The van der Waals surface area contributed by atoms with Gasteiger partial charge in [0.25, 0.3) is 11.6 Å². The van der Waals surface area contributed by atoms with Gasteiger partial charge in [-0.3, -0.25) is 14.9 Å². The van der Waals surface area contributed by atoms with Crippen LogP contribution in [0.5, 0.6) is 0 Å². The molecule has 0 aromatic carbocycles.